The number of nitrogens with zero attached hydrogens (tertiary/aromatic N) is 2. The summed E-state index contributed by atoms with van der Waals surface area (Å²) in [6.45, 7) is 4.46. The zero-order valence-electron chi connectivity index (χ0n) is 22.9. The third kappa shape index (κ3) is 3.74. The first-order valence-electron chi connectivity index (χ1n) is 15.2. The number of rotatable bonds is 2. The lowest BCUT2D eigenvalue weighted by atomic mass is 9.76. The van der Waals surface area contributed by atoms with Gasteiger partial charge in [-0.15, -0.1) is 0 Å². The van der Waals surface area contributed by atoms with Gasteiger partial charge in [0, 0.05) is 46.1 Å². The van der Waals surface area contributed by atoms with Crippen LogP contribution in [0.1, 0.15) is 84.0 Å². The van der Waals surface area contributed by atoms with Crippen LogP contribution < -0.4 is 9.64 Å². The zero-order chi connectivity index (χ0) is 27.0. The molecule has 1 N–H and O–H groups in total. The highest BCUT2D eigenvalue weighted by Gasteiger charge is 2.42. The molecule has 1 atom stereocenters. The molecule has 40 heavy (non-hydrogen) atoms. The van der Waals surface area contributed by atoms with Crippen molar-refractivity contribution in [3.8, 4) is 5.75 Å². The third-order valence-corrected chi connectivity index (χ3v) is 10.1. The second-order valence-electron chi connectivity index (χ2n) is 12.2. The Morgan fingerprint density at radius 3 is 2.60 bits per heavy atom. The van der Waals surface area contributed by atoms with Gasteiger partial charge in [0.05, 0.1) is 11.6 Å². The molecule has 2 aromatic rings. The van der Waals surface area contributed by atoms with Gasteiger partial charge in [0.1, 0.15) is 11.5 Å². The van der Waals surface area contributed by atoms with Crippen molar-refractivity contribution < 1.29 is 14.6 Å². The number of hydrogen-bond acceptors (Lipinski definition) is 4. The van der Waals surface area contributed by atoms with Crippen molar-refractivity contribution >= 4 is 28.8 Å². The maximum absolute atomic E-state index is 12.6. The molecule has 0 radical (unpaired) electrons. The Morgan fingerprint density at radius 1 is 0.900 bits per heavy atom. The number of halogens is 1. The average molecular weight is 555 g/mol. The number of allylic oxidation sites excluding steroid dienone is 1. The highest BCUT2D eigenvalue weighted by atomic mass is 35.5. The van der Waals surface area contributed by atoms with Gasteiger partial charge in [0.15, 0.2) is 0 Å². The Kier molecular flexibility index (Phi) is 5.89. The van der Waals surface area contributed by atoms with Gasteiger partial charge in [-0.2, -0.15) is 0 Å². The van der Waals surface area contributed by atoms with Crippen molar-refractivity contribution in [3.63, 3.8) is 0 Å². The molecule has 0 aromatic heterocycles. The Hall–Kier alpha value is -3.02. The molecule has 5 aliphatic heterocycles. The monoisotopic (exact) mass is 554 g/mol. The van der Waals surface area contributed by atoms with Crippen LogP contribution in [0.15, 0.2) is 52.8 Å². The van der Waals surface area contributed by atoms with E-state index in [1.54, 1.807) is 12.1 Å². The molecule has 5 heterocycles. The Bertz CT molecular complexity index is 1550. The number of anilines is 1. The van der Waals surface area contributed by atoms with Crippen molar-refractivity contribution in [1.82, 2.24) is 4.90 Å². The highest BCUT2D eigenvalue weighted by Crippen LogP contribution is 2.54. The quantitative estimate of drug-likeness (QED) is 0.427. The van der Waals surface area contributed by atoms with Gasteiger partial charge in [0.2, 0.25) is 0 Å². The van der Waals surface area contributed by atoms with Crippen LogP contribution in [0.4, 0.5) is 5.69 Å². The molecule has 0 saturated carbocycles. The summed E-state index contributed by atoms with van der Waals surface area (Å²) in [7, 11) is 0. The van der Waals surface area contributed by atoms with Crippen molar-refractivity contribution in [3.05, 3.63) is 85.7 Å². The third-order valence-electron chi connectivity index (χ3n) is 9.91. The summed E-state index contributed by atoms with van der Waals surface area (Å²) in [4.78, 5) is 17.8. The lowest BCUT2D eigenvalue weighted by molar-refractivity contribution is 0.0696. The fraction of sp³-hybridized carbons (Fsp3) is 0.441. The van der Waals surface area contributed by atoms with Crippen LogP contribution in [-0.4, -0.2) is 48.2 Å². The molecule has 0 spiro atoms. The normalized spacial score (nSPS) is 23.7. The second-order valence-corrected chi connectivity index (χ2v) is 12.7. The lowest BCUT2D eigenvalue weighted by Crippen LogP contribution is -2.44. The maximum Gasteiger partial charge on any atom is 0.336 e. The number of aromatic carboxylic acids is 1. The first kappa shape index (κ1) is 24.8. The van der Waals surface area contributed by atoms with Crippen LogP contribution in [0.5, 0.6) is 5.75 Å². The van der Waals surface area contributed by atoms with Crippen LogP contribution in [0.3, 0.4) is 0 Å². The van der Waals surface area contributed by atoms with E-state index in [-0.39, 0.29) is 0 Å². The van der Waals surface area contributed by atoms with Crippen molar-refractivity contribution in [2.24, 2.45) is 0 Å². The van der Waals surface area contributed by atoms with E-state index in [1.165, 1.54) is 53.6 Å². The fourth-order valence-electron chi connectivity index (χ4n) is 8.30. The topological polar surface area (TPSA) is 53.0 Å². The molecule has 2 fully saturated rings. The highest BCUT2D eigenvalue weighted by molar-refractivity contribution is 6.31. The minimum absolute atomic E-state index is 0.293. The predicted octanol–water partition coefficient (Wildman–Crippen LogP) is 7.16. The van der Waals surface area contributed by atoms with Crippen molar-refractivity contribution in [2.45, 2.75) is 70.3 Å². The molecule has 6 aliphatic rings. The van der Waals surface area contributed by atoms with E-state index in [0.717, 1.165) is 92.9 Å². The summed E-state index contributed by atoms with van der Waals surface area (Å²) in [5.41, 5.74) is 11.0. The fourth-order valence-corrected chi connectivity index (χ4v) is 8.47. The van der Waals surface area contributed by atoms with E-state index < -0.39 is 5.97 Å². The van der Waals surface area contributed by atoms with Gasteiger partial charge < -0.3 is 14.7 Å². The molecule has 6 heteroatoms. The second kappa shape index (κ2) is 9.53. The van der Waals surface area contributed by atoms with Crippen LogP contribution >= 0.6 is 11.6 Å². The average Bonchev–Trinajstić information content (AvgIpc) is 3.30. The summed E-state index contributed by atoms with van der Waals surface area (Å²) in [5.74, 6) is 0.996. The van der Waals surface area contributed by atoms with E-state index in [4.69, 9.17) is 16.3 Å². The Balaban J connectivity index is 1.47. The van der Waals surface area contributed by atoms with Crippen LogP contribution in [0.2, 0.25) is 5.02 Å². The first-order valence-corrected chi connectivity index (χ1v) is 15.5. The van der Waals surface area contributed by atoms with Gasteiger partial charge >= 0.3 is 5.97 Å². The number of ether oxygens (including phenoxy) is 1. The minimum atomic E-state index is -0.927. The number of benzene rings is 2. The summed E-state index contributed by atoms with van der Waals surface area (Å²) in [5, 5.41) is 10.9. The van der Waals surface area contributed by atoms with Crippen LogP contribution in [0.25, 0.3) is 5.57 Å². The minimum Gasteiger partial charge on any atom is -0.478 e. The number of carbonyl (C=O) groups is 1. The molecular formula is C34H35ClN2O3. The number of aryl methyl sites for hydroxylation is 1. The van der Waals surface area contributed by atoms with E-state index >= 15 is 0 Å². The van der Waals surface area contributed by atoms with E-state index in [9.17, 15) is 9.90 Å². The number of hydrogen-bond donors (Lipinski definition) is 1. The van der Waals surface area contributed by atoms with Crippen molar-refractivity contribution in [2.75, 3.05) is 31.1 Å². The van der Waals surface area contributed by atoms with Crippen LogP contribution in [0, 0.1) is 0 Å². The summed E-state index contributed by atoms with van der Waals surface area (Å²) in [6, 6.07) is 7.86. The number of piperidine rings is 1. The van der Waals surface area contributed by atoms with Crippen molar-refractivity contribution in [1.29, 1.82) is 0 Å². The lowest BCUT2D eigenvalue weighted by Gasteiger charge is -2.43. The molecule has 206 valence electrons. The molecule has 5 nitrogen and oxygen atoms in total. The van der Waals surface area contributed by atoms with Gasteiger partial charge in [-0.25, -0.2) is 4.79 Å². The summed E-state index contributed by atoms with van der Waals surface area (Å²) < 4.78 is 7.15. The number of carboxylic acid groups (broad SMARTS) is 1. The molecule has 0 amide bonds. The van der Waals surface area contributed by atoms with E-state index in [0.29, 0.717) is 22.2 Å². The van der Waals surface area contributed by atoms with Gasteiger partial charge in [-0.1, -0.05) is 11.6 Å². The van der Waals surface area contributed by atoms with E-state index in [2.05, 4.69) is 21.9 Å². The molecule has 0 bridgehead atoms. The SMILES string of the molecule is O=C(O)c1ccc(Cl)cc1C1=C2C=C3CCCCN4CCCC(=C2Oc2c1cc1c5c2CCCN5CCCC1)C34. The molecule has 1 aliphatic carbocycles. The number of carboxylic acids is 1. The molecule has 8 rings (SSSR count). The van der Waals surface area contributed by atoms with Gasteiger partial charge in [0.25, 0.3) is 0 Å². The first-order chi connectivity index (χ1) is 19.6. The molecule has 2 aromatic carbocycles. The van der Waals surface area contributed by atoms with Crippen LogP contribution in [-0.2, 0) is 12.8 Å². The summed E-state index contributed by atoms with van der Waals surface area (Å²) >= 11 is 6.60. The summed E-state index contributed by atoms with van der Waals surface area (Å²) in [6.07, 6.45) is 13.5. The number of fused-ring (bicyclic) bond motifs is 3. The maximum atomic E-state index is 12.6. The Labute approximate surface area is 240 Å². The van der Waals surface area contributed by atoms with Gasteiger partial charge in [-0.05, 0) is 130 Å². The molecule has 2 saturated heterocycles. The molecule has 1 unspecified atom stereocenters. The largest absolute Gasteiger partial charge is 0.478 e. The smallest absolute Gasteiger partial charge is 0.336 e. The van der Waals surface area contributed by atoms with E-state index in [1.807, 2.05) is 6.07 Å². The van der Waals surface area contributed by atoms with Gasteiger partial charge in [-0.3, -0.25) is 4.90 Å². The predicted molar refractivity (Wildman–Crippen MR) is 159 cm³/mol. The zero-order valence-corrected chi connectivity index (χ0v) is 23.7. The molecular weight excluding hydrogens is 520 g/mol. The standard InChI is InChI=1S/C34H35ClN2O3/c35-22-11-12-23(34(38)39)26(19-22)29-27-17-20-7-1-3-13-36-15-5-9-24(30(20)36)32(27)40-33-25-10-6-16-37-14-4-2-8-21(31(25)37)18-28(29)33/h11-12,17-19,30H,1-10,13-16H2,(H,38,39). The Morgan fingerprint density at radius 2 is 1.70 bits per heavy atom.